The Kier molecular flexibility index (Phi) is 2.91. The number of ether oxygens (including phenoxy) is 1. The lowest BCUT2D eigenvalue weighted by Gasteiger charge is -2.16. The normalized spacial score (nSPS) is 24.3. The van der Waals surface area contributed by atoms with E-state index >= 15 is 0 Å². The third-order valence-electron chi connectivity index (χ3n) is 3.82. The number of hydrogen-bond acceptors (Lipinski definition) is 2. The molecule has 1 aromatic carbocycles. The molecule has 5 heteroatoms. The maximum Gasteiger partial charge on any atom is 0.194 e. The first-order valence-electron chi connectivity index (χ1n) is 6.17. The van der Waals surface area contributed by atoms with Crippen LogP contribution in [-0.2, 0) is 11.3 Å². The van der Waals surface area contributed by atoms with Crippen LogP contribution in [-0.4, -0.2) is 30.1 Å². The van der Waals surface area contributed by atoms with E-state index < -0.39 is 17.5 Å². The highest BCUT2D eigenvalue weighted by Gasteiger charge is 2.46. The molecule has 0 aromatic heterocycles. The van der Waals surface area contributed by atoms with Gasteiger partial charge in [-0.05, 0) is 24.7 Å². The largest absolute Gasteiger partial charge is 0.372 e. The van der Waals surface area contributed by atoms with Gasteiger partial charge in [-0.15, -0.1) is 0 Å². The maximum absolute atomic E-state index is 13.0. The van der Waals surface area contributed by atoms with Gasteiger partial charge in [-0.1, -0.05) is 12.2 Å². The molecule has 0 bridgehead atoms. The quantitative estimate of drug-likeness (QED) is 0.618. The third kappa shape index (κ3) is 2.28. The molecule has 0 saturated carbocycles. The van der Waals surface area contributed by atoms with Crippen molar-refractivity contribution in [3.05, 3.63) is 47.3 Å². The van der Waals surface area contributed by atoms with Crippen molar-refractivity contribution in [1.82, 2.24) is 4.90 Å². The van der Waals surface area contributed by atoms with E-state index in [1.807, 2.05) is 7.05 Å². The Morgan fingerprint density at radius 3 is 2.42 bits per heavy atom. The van der Waals surface area contributed by atoms with Crippen molar-refractivity contribution in [3.63, 3.8) is 0 Å². The lowest BCUT2D eigenvalue weighted by molar-refractivity contribution is 0.0477. The fraction of sp³-hybridized carbons (Fsp3) is 0.429. The van der Waals surface area contributed by atoms with E-state index in [9.17, 15) is 13.2 Å². The van der Waals surface area contributed by atoms with Crippen LogP contribution in [0.3, 0.4) is 0 Å². The minimum Gasteiger partial charge on any atom is -0.372 e. The Bertz CT molecular complexity index is 514. The number of nitrogens with zero attached hydrogens (tertiary/aromatic N) is 1. The lowest BCUT2D eigenvalue weighted by Crippen LogP contribution is -2.28. The number of rotatable bonds is 3. The number of hydrogen-bond donors (Lipinski definition) is 0. The number of halogens is 3. The van der Waals surface area contributed by atoms with Gasteiger partial charge in [-0.3, -0.25) is 4.90 Å². The van der Waals surface area contributed by atoms with Gasteiger partial charge in [0.15, 0.2) is 17.5 Å². The van der Waals surface area contributed by atoms with Gasteiger partial charge in [0.05, 0.1) is 18.2 Å². The average molecular weight is 269 g/mol. The van der Waals surface area contributed by atoms with Crippen LogP contribution in [0.5, 0.6) is 0 Å². The molecule has 1 aliphatic heterocycles. The summed E-state index contributed by atoms with van der Waals surface area (Å²) in [5.74, 6) is -3.80. The summed E-state index contributed by atoms with van der Waals surface area (Å²) in [5.41, 5.74) is 0.369. The Balaban J connectivity index is 1.61. The second-order valence-corrected chi connectivity index (χ2v) is 5.22. The number of benzene rings is 1. The smallest absolute Gasteiger partial charge is 0.194 e. The first-order valence-corrected chi connectivity index (χ1v) is 6.17. The first kappa shape index (κ1) is 12.7. The van der Waals surface area contributed by atoms with Gasteiger partial charge in [0.2, 0.25) is 0 Å². The van der Waals surface area contributed by atoms with Crippen molar-refractivity contribution in [3.8, 4) is 0 Å². The summed E-state index contributed by atoms with van der Waals surface area (Å²) in [5, 5.41) is 0. The fourth-order valence-corrected chi connectivity index (χ4v) is 2.56. The molecule has 1 spiro atoms. The molecule has 1 heterocycles. The molecule has 3 rings (SSSR count). The summed E-state index contributed by atoms with van der Waals surface area (Å²) in [7, 11) is 2.01. The monoisotopic (exact) mass is 269 g/mol. The summed E-state index contributed by atoms with van der Waals surface area (Å²) >= 11 is 0. The highest BCUT2D eigenvalue weighted by molar-refractivity contribution is 5.36. The van der Waals surface area contributed by atoms with Crippen LogP contribution in [0.1, 0.15) is 12.0 Å². The molecule has 19 heavy (non-hydrogen) atoms. The van der Waals surface area contributed by atoms with Crippen LogP contribution in [0.25, 0.3) is 0 Å². The highest BCUT2D eigenvalue weighted by atomic mass is 19.2. The number of likely N-dealkylation sites (N-methyl/N-ethyl adjacent to an activating group) is 1. The predicted octanol–water partition coefficient (Wildman–Crippen LogP) is 2.63. The third-order valence-corrected chi connectivity index (χ3v) is 3.82. The van der Waals surface area contributed by atoms with E-state index in [0.29, 0.717) is 5.56 Å². The molecule has 2 aliphatic rings. The summed E-state index contributed by atoms with van der Waals surface area (Å²) in [4.78, 5) is 2.18. The molecule has 1 aromatic rings. The highest BCUT2D eigenvalue weighted by Crippen LogP contribution is 2.41. The van der Waals surface area contributed by atoms with Gasteiger partial charge in [0.25, 0.3) is 0 Å². The van der Waals surface area contributed by atoms with Crippen molar-refractivity contribution in [1.29, 1.82) is 0 Å². The van der Waals surface area contributed by atoms with Crippen LogP contribution in [0.15, 0.2) is 24.3 Å². The summed E-state index contributed by atoms with van der Waals surface area (Å²) in [6.07, 6.45) is 5.12. The van der Waals surface area contributed by atoms with Crippen molar-refractivity contribution in [2.45, 2.75) is 24.7 Å². The molecule has 1 unspecified atom stereocenters. The zero-order valence-electron chi connectivity index (χ0n) is 10.5. The van der Waals surface area contributed by atoms with Crippen molar-refractivity contribution in [2.24, 2.45) is 0 Å². The molecular formula is C14H14F3NO. The van der Waals surface area contributed by atoms with Gasteiger partial charge in [0.1, 0.15) is 0 Å². The van der Waals surface area contributed by atoms with Crippen LogP contribution >= 0.6 is 0 Å². The molecule has 0 N–H and O–H groups in total. The van der Waals surface area contributed by atoms with E-state index in [0.717, 1.165) is 25.1 Å². The molecule has 0 radical (unpaired) electrons. The molecule has 1 saturated heterocycles. The molecule has 0 amide bonds. The molecular weight excluding hydrogens is 255 g/mol. The minimum absolute atomic E-state index is 0.0242. The standard InChI is InChI=1S/C14H14F3NO/c1-18-7-10(6-14(18)2-3-14)19-8-9-4-11(15)13(17)12(16)5-9/h2-5,10H,6-8H2,1H3. The summed E-state index contributed by atoms with van der Waals surface area (Å²) in [6.45, 7) is 0.863. The SMILES string of the molecule is CN1CC(OCc2cc(F)c(F)c(F)c2)CC12C=C2. The van der Waals surface area contributed by atoms with E-state index in [1.165, 1.54) is 0 Å². The second-order valence-electron chi connectivity index (χ2n) is 5.22. The second kappa shape index (κ2) is 4.35. The number of likely N-dealkylation sites (tertiary alicyclic amines) is 1. The van der Waals surface area contributed by atoms with Crippen molar-refractivity contribution >= 4 is 0 Å². The molecule has 2 nitrogen and oxygen atoms in total. The summed E-state index contributed by atoms with van der Waals surface area (Å²) in [6, 6.07) is 1.95. The van der Waals surface area contributed by atoms with Gasteiger partial charge in [-0.2, -0.15) is 0 Å². The minimum atomic E-state index is -1.44. The Hall–Kier alpha value is -1.33. The van der Waals surface area contributed by atoms with Gasteiger partial charge < -0.3 is 4.74 Å². The average Bonchev–Trinajstić information content (AvgIpc) is 3.06. The molecule has 1 aliphatic carbocycles. The van der Waals surface area contributed by atoms with E-state index in [-0.39, 0.29) is 18.2 Å². The van der Waals surface area contributed by atoms with Crippen molar-refractivity contribution < 1.29 is 17.9 Å². The topological polar surface area (TPSA) is 12.5 Å². The van der Waals surface area contributed by atoms with Crippen LogP contribution in [0, 0.1) is 17.5 Å². The van der Waals surface area contributed by atoms with Crippen LogP contribution < -0.4 is 0 Å². The maximum atomic E-state index is 13.0. The Morgan fingerprint density at radius 1 is 1.26 bits per heavy atom. The molecule has 1 fully saturated rings. The van der Waals surface area contributed by atoms with Crippen LogP contribution in [0.4, 0.5) is 13.2 Å². The first-order chi connectivity index (χ1) is 9.00. The van der Waals surface area contributed by atoms with Gasteiger partial charge >= 0.3 is 0 Å². The van der Waals surface area contributed by atoms with E-state index in [1.54, 1.807) is 0 Å². The van der Waals surface area contributed by atoms with E-state index in [4.69, 9.17) is 4.74 Å². The fourth-order valence-electron chi connectivity index (χ4n) is 2.56. The molecule has 1 atom stereocenters. The van der Waals surface area contributed by atoms with E-state index in [2.05, 4.69) is 17.1 Å². The lowest BCUT2D eigenvalue weighted by atomic mass is 10.1. The van der Waals surface area contributed by atoms with Crippen molar-refractivity contribution in [2.75, 3.05) is 13.6 Å². The Morgan fingerprint density at radius 2 is 1.89 bits per heavy atom. The molecule has 102 valence electrons. The Labute approximate surface area is 109 Å². The zero-order chi connectivity index (χ0) is 13.6. The van der Waals surface area contributed by atoms with Crippen LogP contribution in [0.2, 0.25) is 0 Å². The van der Waals surface area contributed by atoms with Gasteiger partial charge in [0, 0.05) is 13.0 Å². The summed E-state index contributed by atoms with van der Waals surface area (Å²) < 4.78 is 44.5. The zero-order valence-corrected chi connectivity index (χ0v) is 10.5. The predicted molar refractivity (Wildman–Crippen MR) is 64.0 cm³/mol. The van der Waals surface area contributed by atoms with Gasteiger partial charge in [-0.25, -0.2) is 13.2 Å².